The molecule has 0 aromatic heterocycles. The maximum absolute atomic E-state index is 3.63. The van der Waals surface area contributed by atoms with Gasteiger partial charge in [0.1, 0.15) is 0 Å². The summed E-state index contributed by atoms with van der Waals surface area (Å²) in [6.45, 7) is 2.60. The Morgan fingerprint density at radius 2 is 1.93 bits per heavy atom. The molecule has 3 saturated carbocycles. The Morgan fingerprint density at radius 3 is 2.57 bits per heavy atom. The minimum atomic E-state index is 1.05. The van der Waals surface area contributed by atoms with Crippen LogP contribution in [0.5, 0.6) is 0 Å². The van der Waals surface area contributed by atoms with Gasteiger partial charge in [-0.05, 0) is 75.3 Å². The Hall–Kier alpha value is -0.0400. The molecule has 3 rings (SSSR count). The van der Waals surface area contributed by atoms with Gasteiger partial charge in [-0.2, -0.15) is 0 Å². The van der Waals surface area contributed by atoms with Gasteiger partial charge < -0.3 is 5.32 Å². The van der Waals surface area contributed by atoms with Crippen LogP contribution in [0.2, 0.25) is 0 Å². The molecule has 3 aliphatic rings. The maximum Gasteiger partial charge on any atom is -0.00205 e. The lowest BCUT2D eigenvalue weighted by Crippen LogP contribution is -2.22. The Kier molecular flexibility index (Phi) is 2.53. The third kappa shape index (κ3) is 1.98. The van der Waals surface area contributed by atoms with Gasteiger partial charge in [0.25, 0.3) is 0 Å². The lowest BCUT2D eigenvalue weighted by atomic mass is 9.86. The second-order valence-corrected chi connectivity index (χ2v) is 5.87. The van der Waals surface area contributed by atoms with E-state index in [4.69, 9.17) is 0 Å². The molecular formula is C13H23N. The predicted molar refractivity (Wildman–Crippen MR) is 59.1 cm³/mol. The minimum Gasteiger partial charge on any atom is -0.316 e. The van der Waals surface area contributed by atoms with Crippen molar-refractivity contribution >= 4 is 0 Å². The van der Waals surface area contributed by atoms with Gasteiger partial charge in [0.05, 0.1) is 0 Å². The molecule has 3 unspecified atom stereocenters. The van der Waals surface area contributed by atoms with Crippen molar-refractivity contribution in [3.63, 3.8) is 0 Å². The van der Waals surface area contributed by atoms with Gasteiger partial charge in [-0.25, -0.2) is 0 Å². The summed E-state index contributed by atoms with van der Waals surface area (Å²) >= 11 is 0. The lowest BCUT2D eigenvalue weighted by molar-refractivity contribution is 0.310. The van der Waals surface area contributed by atoms with Crippen LogP contribution in [0.4, 0.5) is 0 Å². The number of rotatable bonds is 5. The van der Waals surface area contributed by atoms with E-state index in [9.17, 15) is 0 Å². The Morgan fingerprint density at radius 1 is 1.00 bits per heavy atom. The summed E-state index contributed by atoms with van der Waals surface area (Å²) < 4.78 is 0. The molecule has 0 amide bonds. The van der Waals surface area contributed by atoms with Crippen molar-refractivity contribution in [3.8, 4) is 0 Å². The van der Waals surface area contributed by atoms with Crippen LogP contribution in [0, 0.1) is 23.7 Å². The summed E-state index contributed by atoms with van der Waals surface area (Å²) in [4.78, 5) is 0. The second-order valence-electron chi connectivity index (χ2n) is 5.87. The van der Waals surface area contributed by atoms with Crippen LogP contribution >= 0.6 is 0 Å². The van der Waals surface area contributed by atoms with Crippen molar-refractivity contribution in [3.05, 3.63) is 0 Å². The number of hydrogen-bond donors (Lipinski definition) is 1. The van der Waals surface area contributed by atoms with Crippen LogP contribution in [0.25, 0.3) is 0 Å². The first-order valence-electron chi connectivity index (χ1n) is 6.62. The Labute approximate surface area is 87.7 Å². The molecule has 3 aliphatic carbocycles. The summed E-state index contributed by atoms with van der Waals surface area (Å²) in [7, 11) is 0. The van der Waals surface area contributed by atoms with Gasteiger partial charge in [0.15, 0.2) is 0 Å². The summed E-state index contributed by atoms with van der Waals surface area (Å²) in [5, 5.41) is 3.63. The molecule has 80 valence electrons. The highest BCUT2D eigenvalue weighted by Crippen LogP contribution is 2.49. The zero-order valence-corrected chi connectivity index (χ0v) is 9.17. The average molecular weight is 193 g/mol. The summed E-state index contributed by atoms with van der Waals surface area (Å²) in [6.07, 6.45) is 10.7. The molecule has 14 heavy (non-hydrogen) atoms. The predicted octanol–water partition coefficient (Wildman–Crippen LogP) is 2.81. The van der Waals surface area contributed by atoms with Gasteiger partial charge in [-0.3, -0.25) is 0 Å². The van der Waals surface area contributed by atoms with Gasteiger partial charge in [-0.15, -0.1) is 0 Å². The summed E-state index contributed by atoms with van der Waals surface area (Å²) in [5.41, 5.74) is 0. The van der Waals surface area contributed by atoms with E-state index < -0.39 is 0 Å². The van der Waals surface area contributed by atoms with E-state index in [-0.39, 0.29) is 0 Å². The van der Waals surface area contributed by atoms with Gasteiger partial charge in [0, 0.05) is 0 Å². The lowest BCUT2D eigenvalue weighted by Gasteiger charge is -2.21. The molecule has 0 saturated heterocycles. The Balaban J connectivity index is 1.32. The van der Waals surface area contributed by atoms with E-state index in [1.165, 1.54) is 32.4 Å². The molecule has 3 atom stereocenters. The van der Waals surface area contributed by atoms with E-state index in [1.807, 2.05) is 0 Å². The number of hydrogen-bond acceptors (Lipinski definition) is 1. The average Bonchev–Trinajstić information content (AvgIpc) is 2.79. The molecular weight excluding hydrogens is 170 g/mol. The maximum atomic E-state index is 3.63. The van der Waals surface area contributed by atoms with Crippen LogP contribution in [0.3, 0.4) is 0 Å². The molecule has 3 fully saturated rings. The zero-order valence-electron chi connectivity index (χ0n) is 9.17. The fourth-order valence-corrected chi connectivity index (χ4v) is 3.65. The van der Waals surface area contributed by atoms with Crippen LogP contribution in [-0.4, -0.2) is 13.1 Å². The quantitative estimate of drug-likeness (QED) is 0.662. The van der Waals surface area contributed by atoms with Crippen LogP contribution in [0.15, 0.2) is 0 Å². The standard InChI is InChI=1S/C13H23N/c1-2-10(1)9-14-6-5-13-8-11-3-4-12(13)7-11/h10-14H,1-9H2. The van der Waals surface area contributed by atoms with Crippen LogP contribution in [-0.2, 0) is 0 Å². The summed E-state index contributed by atoms with van der Waals surface area (Å²) in [5.74, 6) is 4.41. The molecule has 1 nitrogen and oxygen atoms in total. The molecule has 0 spiro atoms. The molecule has 0 aliphatic heterocycles. The highest BCUT2D eigenvalue weighted by Gasteiger charge is 2.38. The molecule has 1 heteroatoms. The Bertz CT molecular complexity index is 197. The SMILES string of the molecule is C(CC1CC2CCC1C2)NCC1CC1. The summed E-state index contributed by atoms with van der Waals surface area (Å²) in [6, 6.07) is 0. The molecule has 0 radical (unpaired) electrons. The van der Waals surface area contributed by atoms with Crippen LogP contribution in [0.1, 0.15) is 44.9 Å². The third-order valence-electron chi connectivity index (χ3n) is 4.71. The molecule has 1 N–H and O–H groups in total. The van der Waals surface area contributed by atoms with Crippen molar-refractivity contribution in [2.24, 2.45) is 23.7 Å². The van der Waals surface area contributed by atoms with E-state index >= 15 is 0 Å². The number of nitrogens with one attached hydrogen (secondary N) is 1. The first-order valence-corrected chi connectivity index (χ1v) is 6.62. The van der Waals surface area contributed by atoms with Gasteiger partial charge in [0.2, 0.25) is 0 Å². The van der Waals surface area contributed by atoms with Crippen molar-refractivity contribution in [2.45, 2.75) is 44.9 Å². The van der Waals surface area contributed by atoms with E-state index in [0.29, 0.717) is 0 Å². The molecule has 2 bridgehead atoms. The normalized spacial score (nSPS) is 40.7. The molecule has 0 aromatic carbocycles. The van der Waals surface area contributed by atoms with E-state index in [0.717, 1.165) is 23.7 Å². The number of fused-ring (bicyclic) bond motifs is 2. The topological polar surface area (TPSA) is 12.0 Å². The van der Waals surface area contributed by atoms with Crippen molar-refractivity contribution in [1.29, 1.82) is 0 Å². The smallest absolute Gasteiger partial charge is 0.00205 e. The fourth-order valence-electron chi connectivity index (χ4n) is 3.65. The van der Waals surface area contributed by atoms with Crippen molar-refractivity contribution < 1.29 is 0 Å². The third-order valence-corrected chi connectivity index (χ3v) is 4.71. The first kappa shape index (κ1) is 9.21. The van der Waals surface area contributed by atoms with Gasteiger partial charge >= 0.3 is 0 Å². The zero-order chi connectivity index (χ0) is 9.38. The highest BCUT2D eigenvalue weighted by atomic mass is 14.9. The van der Waals surface area contributed by atoms with Crippen molar-refractivity contribution in [2.75, 3.05) is 13.1 Å². The van der Waals surface area contributed by atoms with E-state index in [2.05, 4.69) is 5.32 Å². The largest absolute Gasteiger partial charge is 0.316 e. The molecule has 0 heterocycles. The van der Waals surface area contributed by atoms with Crippen molar-refractivity contribution in [1.82, 2.24) is 5.32 Å². The second kappa shape index (κ2) is 3.84. The van der Waals surface area contributed by atoms with E-state index in [1.54, 1.807) is 25.7 Å². The van der Waals surface area contributed by atoms with Crippen LogP contribution < -0.4 is 5.32 Å². The first-order chi connectivity index (χ1) is 6.92. The fraction of sp³-hybridized carbons (Fsp3) is 1.00. The van der Waals surface area contributed by atoms with Gasteiger partial charge in [-0.1, -0.05) is 6.42 Å². The highest BCUT2D eigenvalue weighted by molar-refractivity contribution is 4.90. The molecule has 0 aromatic rings. The monoisotopic (exact) mass is 193 g/mol. The minimum absolute atomic E-state index is 1.05.